The van der Waals surface area contributed by atoms with Gasteiger partial charge in [0.05, 0.1) is 0 Å². The van der Waals surface area contributed by atoms with Gasteiger partial charge in [-0.2, -0.15) is 0 Å². The van der Waals surface area contributed by atoms with Crippen molar-refractivity contribution in [2.24, 2.45) is 0 Å². The van der Waals surface area contributed by atoms with Crippen LogP contribution in [0.1, 0.15) is 46.8 Å². The summed E-state index contributed by atoms with van der Waals surface area (Å²) in [5.74, 6) is 0.519. The number of aromatic nitrogens is 1. The molecule has 0 saturated heterocycles. The Bertz CT molecular complexity index is 556. The number of pyridine rings is 1. The van der Waals surface area contributed by atoms with Crippen LogP contribution in [0.3, 0.4) is 0 Å². The van der Waals surface area contributed by atoms with Gasteiger partial charge < -0.3 is 0 Å². The second-order valence-electron chi connectivity index (χ2n) is 4.80. The molecule has 2 heteroatoms. The second-order valence-corrected chi connectivity index (χ2v) is 4.80. The third-order valence-electron chi connectivity index (χ3n) is 3.12. The zero-order valence-corrected chi connectivity index (χ0v) is 11.0. The fourth-order valence-electron chi connectivity index (χ4n) is 1.88. The quantitative estimate of drug-likeness (QED) is 0.764. The Labute approximate surface area is 108 Å². The molecule has 2 rings (SSSR count). The number of rotatable bonds is 3. The lowest BCUT2D eigenvalue weighted by atomic mass is 9.97. The molecule has 0 amide bonds. The number of ketones is 1. The number of hydrogen-bond donors (Lipinski definition) is 0. The van der Waals surface area contributed by atoms with Gasteiger partial charge in [-0.05, 0) is 30.0 Å². The van der Waals surface area contributed by atoms with Crippen molar-refractivity contribution in [2.75, 3.05) is 0 Å². The second kappa shape index (κ2) is 5.13. The highest BCUT2D eigenvalue weighted by Crippen LogP contribution is 2.17. The summed E-state index contributed by atoms with van der Waals surface area (Å²) in [6.45, 7) is 6.21. The summed E-state index contributed by atoms with van der Waals surface area (Å²) in [7, 11) is 0. The Morgan fingerprint density at radius 3 is 2.33 bits per heavy atom. The first-order chi connectivity index (χ1) is 8.59. The van der Waals surface area contributed by atoms with E-state index in [-0.39, 0.29) is 5.78 Å². The normalized spacial score (nSPS) is 10.7. The molecule has 0 fully saturated rings. The summed E-state index contributed by atoms with van der Waals surface area (Å²) in [5, 5.41) is 0. The lowest BCUT2D eigenvalue weighted by Gasteiger charge is -2.07. The van der Waals surface area contributed by atoms with Gasteiger partial charge in [0.2, 0.25) is 0 Å². The molecule has 0 saturated carbocycles. The zero-order chi connectivity index (χ0) is 13.1. The molecule has 0 aliphatic carbocycles. The summed E-state index contributed by atoms with van der Waals surface area (Å²) in [4.78, 5) is 16.3. The van der Waals surface area contributed by atoms with Gasteiger partial charge in [-0.15, -0.1) is 0 Å². The minimum Gasteiger partial charge on any atom is -0.289 e. The lowest BCUT2D eigenvalue weighted by Crippen LogP contribution is -2.04. The Hall–Kier alpha value is -1.96. The molecule has 18 heavy (non-hydrogen) atoms. The van der Waals surface area contributed by atoms with Crippen LogP contribution < -0.4 is 0 Å². The largest absolute Gasteiger partial charge is 0.289 e. The van der Waals surface area contributed by atoms with Crippen LogP contribution in [0.4, 0.5) is 0 Å². The third-order valence-corrected chi connectivity index (χ3v) is 3.12. The zero-order valence-electron chi connectivity index (χ0n) is 11.0. The van der Waals surface area contributed by atoms with Crippen molar-refractivity contribution in [1.29, 1.82) is 0 Å². The maximum Gasteiger partial charge on any atom is 0.194 e. The smallest absolute Gasteiger partial charge is 0.194 e. The maximum atomic E-state index is 12.3. The van der Waals surface area contributed by atoms with Gasteiger partial charge in [0.25, 0.3) is 0 Å². The maximum absolute atomic E-state index is 12.3. The number of hydrogen-bond acceptors (Lipinski definition) is 2. The minimum atomic E-state index is 0.0379. The summed E-state index contributed by atoms with van der Waals surface area (Å²) in [5.41, 5.74) is 3.60. The van der Waals surface area contributed by atoms with Crippen molar-refractivity contribution < 1.29 is 4.79 Å². The van der Waals surface area contributed by atoms with E-state index in [4.69, 9.17) is 0 Å². The van der Waals surface area contributed by atoms with Crippen LogP contribution in [0.5, 0.6) is 0 Å². The molecule has 1 aromatic carbocycles. The molecule has 0 bridgehead atoms. The first kappa shape index (κ1) is 12.5. The topological polar surface area (TPSA) is 30.0 Å². The van der Waals surface area contributed by atoms with Crippen molar-refractivity contribution in [1.82, 2.24) is 4.98 Å². The van der Waals surface area contributed by atoms with E-state index in [1.54, 1.807) is 12.4 Å². The van der Waals surface area contributed by atoms with E-state index in [0.717, 1.165) is 11.1 Å². The van der Waals surface area contributed by atoms with Gasteiger partial charge >= 0.3 is 0 Å². The minimum absolute atomic E-state index is 0.0379. The summed E-state index contributed by atoms with van der Waals surface area (Å²) in [6.07, 6.45) is 3.34. The summed E-state index contributed by atoms with van der Waals surface area (Å²) < 4.78 is 0. The van der Waals surface area contributed by atoms with Gasteiger partial charge in [0.1, 0.15) is 0 Å². The molecule has 0 radical (unpaired) electrons. The van der Waals surface area contributed by atoms with Crippen molar-refractivity contribution in [2.45, 2.75) is 26.7 Å². The van der Waals surface area contributed by atoms with Crippen LogP contribution >= 0.6 is 0 Å². The van der Waals surface area contributed by atoms with Crippen molar-refractivity contribution in [3.63, 3.8) is 0 Å². The van der Waals surface area contributed by atoms with Gasteiger partial charge in [-0.1, -0.05) is 38.1 Å². The average Bonchev–Trinajstić information content (AvgIpc) is 2.38. The van der Waals surface area contributed by atoms with E-state index in [0.29, 0.717) is 11.5 Å². The van der Waals surface area contributed by atoms with Crippen LogP contribution in [0.25, 0.3) is 0 Å². The third kappa shape index (κ3) is 2.48. The van der Waals surface area contributed by atoms with E-state index < -0.39 is 0 Å². The fraction of sp³-hybridized carbons (Fsp3) is 0.250. The van der Waals surface area contributed by atoms with Gasteiger partial charge in [-0.25, -0.2) is 0 Å². The molecular formula is C16H17NO. The highest BCUT2D eigenvalue weighted by Gasteiger charge is 2.11. The van der Waals surface area contributed by atoms with E-state index in [9.17, 15) is 4.79 Å². The average molecular weight is 239 g/mol. The number of carbonyl (C=O) groups is 1. The van der Waals surface area contributed by atoms with E-state index in [1.165, 1.54) is 5.56 Å². The first-order valence-corrected chi connectivity index (χ1v) is 6.15. The van der Waals surface area contributed by atoms with Crippen molar-refractivity contribution in [3.8, 4) is 0 Å². The Kier molecular flexibility index (Phi) is 3.56. The van der Waals surface area contributed by atoms with Crippen molar-refractivity contribution >= 4 is 5.78 Å². The highest BCUT2D eigenvalue weighted by molar-refractivity contribution is 6.09. The lowest BCUT2D eigenvalue weighted by molar-refractivity contribution is 0.103. The molecule has 2 aromatic rings. The predicted molar refractivity (Wildman–Crippen MR) is 72.9 cm³/mol. The molecule has 0 spiro atoms. The monoisotopic (exact) mass is 239 g/mol. The summed E-state index contributed by atoms with van der Waals surface area (Å²) >= 11 is 0. The molecule has 0 atom stereocenters. The van der Waals surface area contributed by atoms with Crippen LogP contribution in [-0.4, -0.2) is 10.8 Å². The van der Waals surface area contributed by atoms with Gasteiger partial charge in [-0.3, -0.25) is 9.78 Å². The number of benzene rings is 1. The van der Waals surface area contributed by atoms with Crippen LogP contribution in [0, 0.1) is 6.92 Å². The fourth-order valence-corrected chi connectivity index (χ4v) is 1.88. The van der Waals surface area contributed by atoms with Crippen LogP contribution in [0.2, 0.25) is 0 Å². The molecule has 0 aliphatic heterocycles. The molecule has 1 aromatic heterocycles. The number of aryl methyl sites for hydroxylation is 1. The molecule has 1 heterocycles. The van der Waals surface area contributed by atoms with Gasteiger partial charge in [0.15, 0.2) is 5.78 Å². The Morgan fingerprint density at radius 2 is 1.78 bits per heavy atom. The van der Waals surface area contributed by atoms with Gasteiger partial charge in [0, 0.05) is 23.5 Å². The Morgan fingerprint density at radius 1 is 1.11 bits per heavy atom. The van der Waals surface area contributed by atoms with Crippen LogP contribution in [0.15, 0.2) is 42.7 Å². The molecule has 2 nitrogen and oxygen atoms in total. The van der Waals surface area contributed by atoms with E-state index in [2.05, 4.69) is 18.8 Å². The van der Waals surface area contributed by atoms with Crippen molar-refractivity contribution in [3.05, 3.63) is 65.0 Å². The molecule has 0 N–H and O–H groups in total. The van der Waals surface area contributed by atoms with Crippen LogP contribution in [-0.2, 0) is 0 Å². The predicted octanol–water partition coefficient (Wildman–Crippen LogP) is 3.74. The SMILES string of the molecule is Cc1ccncc1C(=O)c1ccc(C(C)C)cc1. The molecule has 92 valence electrons. The number of carbonyl (C=O) groups excluding carboxylic acids is 1. The molecule has 0 aliphatic rings. The molecular weight excluding hydrogens is 222 g/mol. The Balaban J connectivity index is 2.32. The molecule has 0 unspecified atom stereocenters. The summed E-state index contributed by atoms with van der Waals surface area (Å²) in [6, 6.07) is 9.68. The number of nitrogens with zero attached hydrogens (tertiary/aromatic N) is 1. The standard InChI is InChI=1S/C16H17NO/c1-11(2)13-4-6-14(7-5-13)16(18)15-10-17-9-8-12(15)3/h4-11H,1-3H3. The van der Waals surface area contributed by atoms with E-state index in [1.807, 2.05) is 37.3 Å². The van der Waals surface area contributed by atoms with E-state index >= 15 is 0 Å². The highest BCUT2D eigenvalue weighted by atomic mass is 16.1. The first-order valence-electron chi connectivity index (χ1n) is 6.15.